The van der Waals surface area contributed by atoms with Crippen LogP contribution in [0.2, 0.25) is 0 Å². The van der Waals surface area contributed by atoms with E-state index in [0.29, 0.717) is 69.2 Å². The van der Waals surface area contributed by atoms with Gasteiger partial charge in [-0.05, 0) is 253 Å². The minimum absolute atomic E-state index is 0.0148. The number of benzene rings is 5. The van der Waals surface area contributed by atoms with Gasteiger partial charge in [-0.2, -0.15) is 0 Å². The third kappa shape index (κ3) is 28.8. The number of allylic oxidation sites excluding steroid dienone is 2. The van der Waals surface area contributed by atoms with Gasteiger partial charge in [0.15, 0.2) is 29.1 Å². The van der Waals surface area contributed by atoms with Crippen LogP contribution in [0.4, 0.5) is 57.5 Å². The molecule has 0 spiro atoms. The molecule has 140 heavy (non-hydrogen) atoms. The molecule has 0 amide bonds. The summed E-state index contributed by atoms with van der Waals surface area (Å²) in [4.78, 5) is 131. The van der Waals surface area contributed by atoms with Crippen LogP contribution in [0, 0.1) is 20.8 Å². The zero-order valence-electron chi connectivity index (χ0n) is 78.9. The molecule has 0 fully saturated rings. The molecule has 0 radical (unpaired) electrons. The number of hydrogen-bond acceptors (Lipinski definition) is 32. The Hall–Kier alpha value is -14.2. The summed E-state index contributed by atoms with van der Waals surface area (Å²) in [5, 5.41) is 61.6. The fraction of sp³-hybridized carbons (Fsp3) is 0.214. The SMILES string of the molecule is C=CCc1c(C)nc(-c2ccc(SC)s2)nc1Nc1ccc(C(=O)O)cc1.C=CCc1c(CC)nc(-c2ccc(SC)s2)nc1Nc1ccc(C(=O)O)cc1.CCc1c(C)nc(-c2ccc(C(=O)OC)s2)nc1Nc1ccc(CC(=O)O)cc1.CCc1c(C)nc(-c2ccc(SC)s2)nc1Nc1ccc(C(=O)O)cc1.CCc1nc(-c2ccc(C(=O)OC)s2)nc(Nc2ccc(CC(=O)O)cc2)c1CC. The number of nitrogens with zero attached hydrogens (tertiary/aromatic N) is 10. The number of aromatic nitrogens is 10. The van der Waals surface area contributed by atoms with Gasteiger partial charge in [0.2, 0.25) is 0 Å². The Morgan fingerprint density at radius 1 is 0.321 bits per heavy atom. The average molecular weight is 2030 g/mol. The summed E-state index contributed by atoms with van der Waals surface area (Å²) in [5.41, 5.74) is 15.8. The van der Waals surface area contributed by atoms with E-state index in [1.54, 1.807) is 178 Å². The van der Waals surface area contributed by atoms with Crippen molar-refractivity contribution in [1.29, 1.82) is 0 Å². The predicted octanol–water partition coefficient (Wildman–Crippen LogP) is 25.0. The topological polar surface area (TPSA) is 428 Å². The first-order valence-corrected chi connectivity index (χ1v) is 51.6. The second-order valence-corrected chi connectivity index (χ2v) is 39.1. The quantitative estimate of drug-likeness (QED) is 0.00990. The number of anilines is 10. The smallest absolute Gasteiger partial charge is 0.348 e. The van der Waals surface area contributed by atoms with Crippen molar-refractivity contribution in [2.75, 3.05) is 59.6 Å². The fourth-order valence-electron chi connectivity index (χ4n) is 14.0. The molecule has 0 aliphatic heterocycles. The van der Waals surface area contributed by atoms with E-state index in [2.05, 4.69) is 111 Å². The summed E-state index contributed by atoms with van der Waals surface area (Å²) < 4.78 is 13.2. The Morgan fingerprint density at radius 2 is 0.579 bits per heavy atom. The maximum absolute atomic E-state index is 11.8. The number of rotatable bonds is 36. The second-order valence-electron chi connectivity index (χ2n) is 30.4. The van der Waals surface area contributed by atoms with Gasteiger partial charge in [0.05, 0.1) is 80.8 Å². The molecule has 0 aliphatic carbocycles. The van der Waals surface area contributed by atoms with E-state index in [-0.39, 0.29) is 41.5 Å². The van der Waals surface area contributed by atoms with Crippen molar-refractivity contribution < 1.29 is 68.6 Å². The van der Waals surface area contributed by atoms with Crippen molar-refractivity contribution in [3.05, 3.63) is 301 Å². The number of thioether (sulfide) groups is 3. The number of ether oxygens (including phenoxy) is 2. The number of carbonyl (C=O) groups excluding carboxylic acids is 2. The Bertz CT molecular complexity index is 6930. The van der Waals surface area contributed by atoms with E-state index >= 15 is 0 Å². The molecule has 37 heteroatoms. The molecule has 10 aromatic heterocycles. The summed E-state index contributed by atoms with van der Waals surface area (Å²) in [5.74, 6) is 1.42. The summed E-state index contributed by atoms with van der Waals surface area (Å²) in [6.07, 6.45) is 14.9. The highest BCUT2D eigenvalue weighted by molar-refractivity contribution is 8.01. The van der Waals surface area contributed by atoms with E-state index in [1.807, 2.05) is 108 Å². The largest absolute Gasteiger partial charge is 0.481 e. The van der Waals surface area contributed by atoms with E-state index in [1.165, 1.54) is 49.5 Å². The Kier molecular flexibility index (Phi) is 39.1. The fourth-order valence-corrected chi connectivity index (χ4v) is 20.1. The van der Waals surface area contributed by atoms with Gasteiger partial charge in [0.1, 0.15) is 38.8 Å². The minimum Gasteiger partial charge on any atom is -0.481 e. The van der Waals surface area contributed by atoms with Crippen LogP contribution in [0.25, 0.3) is 53.5 Å². The van der Waals surface area contributed by atoms with Gasteiger partial charge < -0.3 is 61.6 Å². The number of methoxy groups -OCH3 is 2. The molecule has 0 aliphatic rings. The lowest BCUT2D eigenvalue weighted by atomic mass is 10.1. The zero-order valence-corrected chi connectivity index (χ0v) is 85.4. The Morgan fingerprint density at radius 3 is 0.850 bits per heavy atom. The van der Waals surface area contributed by atoms with Crippen molar-refractivity contribution in [3.63, 3.8) is 0 Å². The van der Waals surface area contributed by atoms with Crippen LogP contribution >= 0.6 is 92.0 Å². The lowest BCUT2D eigenvalue weighted by Crippen LogP contribution is -2.07. The number of carboxylic acid groups (broad SMARTS) is 5. The highest BCUT2D eigenvalue weighted by Gasteiger charge is 2.24. The van der Waals surface area contributed by atoms with Gasteiger partial charge in [0, 0.05) is 84.7 Å². The molecule has 10 heterocycles. The maximum atomic E-state index is 11.8. The number of aliphatic carboxylic acids is 2. The Labute approximate surface area is 843 Å². The first-order chi connectivity index (χ1) is 67.4. The molecular weight excluding hydrogens is 1930 g/mol. The van der Waals surface area contributed by atoms with Crippen LogP contribution in [-0.2, 0) is 76.9 Å². The van der Waals surface area contributed by atoms with E-state index in [4.69, 9.17) is 64.9 Å². The number of nitrogens with one attached hydrogen (secondary N) is 5. The van der Waals surface area contributed by atoms with Gasteiger partial charge in [-0.3, -0.25) is 9.59 Å². The summed E-state index contributed by atoms with van der Waals surface area (Å²) >= 11 is 12.7. The molecule has 15 rings (SSSR count). The number of esters is 2. The van der Waals surface area contributed by atoms with Crippen LogP contribution < -0.4 is 26.6 Å². The van der Waals surface area contributed by atoms with E-state index < -0.39 is 29.8 Å². The lowest BCUT2D eigenvalue weighted by molar-refractivity contribution is -0.137. The summed E-state index contributed by atoms with van der Waals surface area (Å²) in [6.45, 7) is 23.8. The van der Waals surface area contributed by atoms with Gasteiger partial charge in [-0.15, -0.1) is 105 Å². The molecule has 0 saturated carbocycles. The van der Waals surface area contributed by atoms with Crippen molar-refractivity contribution in [3.8, 4) is 53.5 Å². The first kappa shape index (κ1) is 106. The predicted molar refractivity (Wildman–Crippen MR) is 566 cm³/mol. The molecular formula is C103H103N15O14S8. The molecule has 722 valence electrons. The zero-order chi connectivity index (χ0) is 101. The monoisotopic (exact) mass is 2030 g/mol. The number of thiophene rings is 5. The number of aromatic carboxylic acids is 3. The van der Waals surface area contributed by atoms with Crippen molar-refractivity contribution in [2.45, 2.75) is 126 Å². The second kappa shape index (κ2) is 51.5. The third-order valence-corrected chi connectivity index (χ3v) is 29.6. The molecule has 15 aromatic rings. The normalized spacial score (nSPS) is 10.6. The highest BCUT2D eigenvalue weighted by Crippen LogP contribution is 2.40. The van der Waals surface area contributed by atoms with E-state index in [0.717, 1.165) is 164 Å². The number of aryl methyl sites for hydroxylation is 5. The minimum atomic E-state index is -0.948. The van der Waals surface area contributed by atoms with Gasteiger partial charge >= 0.3 is 41.8 Å². The van der Waals surface area contributed by atoms with Crippen LogP contribution in [0.15, 0.2) is 220 Å². The molecule has 29 nitrogen and oxygen atoms in total. The molecule has 0 unspecified atom stereocenters. The average Bonchev–Trinajstić information content (AvgIpc) is 1.59. The summed E-state index contributed by atoms with van der Waals surface area (Å²) in [7, 11) is 2.70. The van der Waals surface area contributed by atoms with Crippen molar-refractivity contribution in [1.82, 2.24) is 49.8 Å². The van der Waals surface area contributed by atoms with Crippen LogP contribution in [0.5, 0.6) is 0 Å². The molecule has 0 bridgehead atoms. The number of hydrogen-bond donors (Lipinski definition) is 10. The van der Waals surface area contributed by atoms with Gasteiger partial charge in [-0.1, -0.05) is 71.0 Å². The lowest BCUT2D eigenvalue weighted by Gasteiger charge is -2.15. The summed E-state index contributed by atoms with van der Waals surface area (Å²) in [6, 6.07) is 53.7. The van der Waals surface area contributed by atoms with Crippen molar-refractivity contribution >= 4 is 191 Å². The van der Waals surface area contributed by atoms with E-state index in [9.17, 15) is 33.6 Å². The number of carbonyl (C=O) groups is 7. The highest BCUT2D eigenvalue weighted by atomic mass is 32.2. The first-order valence-electron chi connectivity index (χ1n) is 43.8. The van der Waals surface area contributed by atoms with Crippen LogP contribution in [0.1, 0.15) is 152 Å². The van der Waals surface area contributed by atoms with Gasteiger partial charge in [0.25, 0.3) is 0 Å². The third-order valence-electron chi connectivity index (χ3n) is 21.0. The van der Waals surface area contributed by atoms with Crippen LogP contribution in [-0.4, -0.2) is 150 Å². The maximum Gasteiger partial charge on any atom is 0.348 e. The molecule has 0 atom stereocenters. The standard InChI is InChI=1S/C22H23N3O4S.C21H21N3O4S.C21H21N3O2S2.C20H19N3O2S2.C19H19N3O2S2/c1-4-15-16(5-2)24-21(17-10-11-18(30-17)22(28)29-3)25-20(15)23-14-8-6-13(7-9-14)12-19(26)27;1-4-15-12(2)22-20(16-9-10-17(29-16)21(27)28-3)24-19(15)23-14-7-5-13(6-8-14)11-18(25)26;1-4-6-15-16(5-2)23-20(17-11-12-18(27-3)28-17)24-19(15)22-14-9-7-13(8-10-14)21(25)26;1-4-5-15-12(2)21-19(16-10-11-17(26-3)27-16)23-18(15)22-14-8-6-13(7-9-14)20(24)25;1-4-14-11(2)20-18(15-9-10-16(25-3)26-15)22-17(14)21-13-7-5-12(6-8-13)19(23)24/h6-11H,4-5,12H2,1-3H3,(H,26,27)(H,23,24,25);5-10H,4,11H2,1-3H3,(H,25,26)(H,22,23,24);4,7-12H,1,5-6H2,2-3H3,(H,25,26)(H,22,23,24);4,6-11H,1,5H2,2-3H3,(H,24,25)(H,21,22,23);5-10H,4H2,1-3H3,(H,23,24)(H,20,21,22). The molecule has 0 saturated heterocycles. The van der Waals surface area contributed by atoms with Crippen molar-refractivity contribution in [2.24, 2.45) is 0 Å². The molecule has 10 N–H and O–H groups in total. The molecule has 5 aromatic carbocycles. The van der Waals surface area contributed by atoms with Crippen LogP contribution in [0.3, 0.4) is 0 Å². The van der Waals surface area contributed by atoms with Gasteiger partial charge in [-0.25, -0.2) is 73.8 Å². The Balaban J connectivity index is 0.000000168. The number of carboxylic acids is 5.